The summed E-state index contributed by atoms with van der Waals surface area (Å²) in [6.07, 6.45) is 0. The van der Waals surface area contributed by atoms with Crippen LogP contribution in [0.3, 0.4) is 0 Å². The third kappa shape index (κ3) is 1.32. The minimum absolute atomic E-state index is 0.753. The van der Waals surface area contributed by atoms with Crippen LogP contribution in [-0.4, -0.2) is 0 Å². The molecule has 1 aliphatic heterocycles. The summed E-state index contributed by atoms with van der Waals surface area (Å²) in [7, 11) is 0. The van der Waals surface area contributed by atoms with Gasteiger partial charge < -0.3 is 4.84 Å². The maximum atomic E-state index is 5.12. The van der Waals surface area contributed by atoms with Gasteiger partial charge in [0.2, 0.25) is 0 Å². The molecule has 0 amide bonds. The van der Waals surface area contributed by atoms with Crippen molar-refractivity contribution in [3.8, 4) is 5.75 Å². The Kier molecular flexibility index (Phi) is 1.72. The molecule has 1 aromatic carbocycles. The van der Waals surface area contributed by atoms with Crippen LogP contribution in [0.4, 0.5) is 0 Å². The summed E-state index contributed by atoms with van der Waals surface area (Å²) in [4.78, 5) is 5.12. The summed E-state index contributed by atoms with van der Waals surface area (Å²) >= 11 is 0. The second kappa shape index (κ2) is 2.87. The molecule has 0 aromatic heterocycles. The normalized spacial score (nSPS) is 16.4. The summed E-state index contributed by atoms with van der Waals surface area (Å²) in [6.45, 7) is 0.753. The standard InChI is InChI=1S/C7H9N3O/c1-2-4-7-6(3-1)5-8-9-10-11-7/h1-4,8-10H,5H2. The van der Waals surface area contributed by atoms with Gasteiger partial charge in [-0.05, 0) is 6.07 Å². The minimum atomic E-state index is 0.753. The van der Waals surface area contributed by atoms with E-state index in [2.05, 4.69) is 16.5 Å². The third-order valence-electron chi connectivity index (χ3n) is 1.55. The molecule has 0 aliphatic carbocycles. The number of fused-ring (bicyclic) bond motifs is 1. The first-order valence-corrected chi connectivity index (χ1v) is 3.44. The van der Waals surface area contributed by atoms with Crippen LogP contribution in [0.15, 0.2) is 24.3 Å². The van der Waals surface area contributed by atoms with Gasteiger partial charge >= 0.3 is 0 Å². The van der Waals surface area contributed by atoms with Crippen LogP contribution in [0.5, 0.6) is 5.75 Å². The lowest BCUT2D eigenvalue weighted by molar-refractivity contribution is 0.139. The molecular formula is C7H9N3O. The molecule has 0 saturated carbocycles. The predicted molar refractivity (Wildman–Crippen MR) is 40.2 cm³/mol. The van der Waals surface area contributed by atoms with Gasteiger partial charge in [0, 0.05) is 12.1 Å². The Labute approximate surface area is 64.4 Å². The minimum Gasteiger partial charge on any atom is -0.392 e. The van der Waals surface area contributed by atoms with E-state index in [0.717, 1.165) is 17.9 Å². The second-order valence-electron chi connectivity index (χ2n) is 2.29. The highest BCUT2D eigenvalue weighted by atomic mass is 16.7. The summed E-state index contributed by atoms with van der Waals surface area (Å²) < 4.78 is 0. The van der Waals surface area contributed by atoms with E-state index in [-0.39, 0.29) is 0 Å². The lowest BCUT2D eigenvalue weighted by Crippen LogP contribution is -2.42. The Morgan fingerprint density at radius 3 is 3.18 bits per heavy atom. The highest BCUT2D eigenvalue weighted by molar-refractivity contribution is 5.33. The van der Waals surface area contributed by atoms with Gasteiger partial charge in [-0.1, -0.05) is 23.8 Å². The molecule has 0 bridgehead atoms. The molecule has 0 spiro atoms. The zero-order valence-corrected chi connectivity index (χ0v) is 5.92. The second-order valence-corrected chi connectivity index (χ2v) is 2.29. The molecule has 58 valence electrons. The monoisotopic (exact) mass is 151 g/mol. The van der Waals surface area contributed by atoms with Gasteiger partial charge in [-0.25, -0.2) is 5.43 Å². The van der Waals surface area contributed by atoms with Gasteiger partial charge in [-0.15, -0.1) is 0 Å². The van der Waals surface area contributed by atoms with Crippen LogP contribution in [-0.2, 0) is 6.54 Å². The van der Waals surface area contributed by atoms with Crippen molar-refractivity contribution in [3.63, 3.8) is 0 Å². The van der Waals surface area contributed by atoms with E-state index in [4.69, 9.17) is 4.84 Å². The fraction of sp³-hybridized carbons (Fsp3) is 0.143. The van der Waals surface area contributed by atoms with Crippen molar-refractivity contribution in [2.24, 2.45) is 0 Å². The molecule has 0 fully saturated rings. The van der Waals surface area contributed by atoms with E-state index in [1.165, 1.54) is 0 Å². The number of hydrazine groups is 2. The third-order valence-corrected chi connectivity index (χ3v) is 1.55. The lowest BCUT2D eigenvalue weighted by Gasteiger charge is -2.02. The van der Waals surface area contributed by atoms with Gasteiger partial charge in [-0.3, -0.25) is 0 Å². The van der Waals surface area contributed by atoms with Crippen molar-refractivity contribution in [2.45, 2.75) is 6.54 Å². The number of hydrogen-bond acceptors (Lipinski definition) is 4. The molecule has 11 heavy (non-hydrogen) atoms. The summed E-state index contributed by atoms with van der Waals surface area (Å²) in [5, 5.41) is 0. The maximum Gasteiger partial charge on any atom is 0.153 e. The molecule has 0 radical (unpaired) electrons. The highest BCUT2D eigenvalue weighted by Crippen LogP contribution is 2.16. The Bertz CT molecular complexity index is 226. The van der Waals surface area contributed by atoms with Crippen molar-refractivity contribution in [1.29, 1.82) is 0 Å². The van der Waals surface area contributed by atoms with Crippen molar-refractivity contribution < 1.29 is 4.84 Å². The van der Waals surface area contributed by atoms with Crippen LogP contribution in [0, 0.1) is 0 Å². The predicted octanol–water partition coefficient (Wildman–Crippen LogP) is 0.0928. The summed E-state index contributed by atoms with van der Waals surface area (Å²) in [5.41, 5.74) is 9.26. The van der Waals surface area contributed by atoms with Crippen molar-refractivity contribution in [1.82, 2.24) is 16.5 Å². The molecule has 4 nitrogen and oxygen atoms in total. The average Bonchev–Trinajstić information content (AvgIpc) is 2.28. The fourth-order valence-corrected chi connectivity index (χ4v) is 1.01. The van der Waals surface area contributed by atoms with Gasteiger partial charge in [0.1, 0.15) is 0 Å². The van der Waals surface area contributed by atoms with Crippen LogP contribution in [0.1, 0.15) is 5.56 Å². The van der Waals surface area contributed by atoms with Crippen molar-refractivity contribution in [3.05, 3.63) is 29.8 Å². The number of rotatable bonds is 0. The fourth-order valence-electron chi connectivity index (χ4n) is 1.01. The molecule has 1 aromatic rings. The van der Waals surface area contributed by atoms with Gasteiger partial charge in [0.15, 0.2) is 5.75 Å². The summed E-state index contributed by atoms with van der Waals surface area (Å²) in [5.74, 6) is 0.852. The molecule has 3 N–H and O–H groups in total. The van der Waals surface area contributed by atoms with E-state index in [1.807, 2.05) is 24.3 Å². The maximum absolute atomic E-state index is 5.12. The van der Waals surface area contributed by atoms with E-state index < -0.39 is 0 Å². The molecule has 4 heteroatoms. The first kappa shape index (κ1) is 6.60. The van der Waals surface area contributed by atoms with Gasteiger partial charge in [0.25, 0.3) is 0 Å². The van der Waals surface area contributed by atoms with Crippen LogP contribution in [0.2, 0.25) is 0 Å². The zero-order valence-electron chi connectivity index (χ0n) is 5.92. The van der Waals surface area contributed by atoms with E-state index in [9.17, 15) is 0 Å². The highest BCUT2D eigenvalue weighted by Gasteiger charge is 2.04. The number of benzene rings is 1. The van der Waals surface area contributed by atoms with E-state index in [0.29, 0.717) is 0 Å². The zero-order chi connectivity index (χ0) is 7.52. The molecular weight excluding hydrogens is 142 g/mol. The van der Waals surface area contributed by atoms with Gasteiger partial charge in [0.05, 0.1) is 0 Å². The molecule has 0 atom stereocenters. The number of hydrogen-bond donors (Lipinski definition) is 3. The lowest BCUT2D eigenvalue weighted by atomic mass is 10.2. The van der Waals surface area contributed by atoms with Crippen LogP contribution < -0.4 is 21.4 Å². The first-order chi connectivity index (χ1) is 5.47. The number of para-hydroxylation sites is 1. The Balaban J connectivity index is 2.33. The average molecular weight is 151 g/mol. The Morgan fingerprint density at radius 2 is 2.18 bits per heavy atom. The Hall–Kier alpha value is -1.10. The smallest absolute Gasteiger partial charge is 0.153 e. The van der Waals surface area contributed by atoms with E-state index in [1.54, 1.807) is 0 Å². The van der Waals surface area contributed by atoms with Crippen molar-refractivity contribution >= 4 is 0 Å². The molecule has 0 saturated heterocycles. The summed E-state index contributed by atoms with van der Waals surface area (Å²) in [6, 6.07) is 7.84. The van der Waals surface area contributed by atoms with Crippen molar-refractivity contribution in [2.75, 3.05) is 0 Å². The first-order valence-electron chi connectivity index (χ1n) is 3.44. The van der Waals surface area contributed by atoms with Gasteiger partial charge in [-0.2, -0.15) is 5.53 Å². The topological polar surface area (TPSA) is 45.3 Å². The molecule has 1 heterocycles. The molecule has 1 aliphatic rings. The van der Waals surface area contributed by atoms with Crippen LogP contribution >= 0.6 is 0 Å². The van der Waals surface area contributed by atoms with Crippen LogP contribution in [0.25, 0.3) is 0 Å². The number of nitrogens with one attached hydrogen (secondary N) is 3. The Morgan fingerprint density at radius 1 is 1.27 bits per heavy atom. The largest absolute Gasteiger partial charge is 0.392 e. The molecule has 2 rings (SSSR count). The van der Waals surface area contributed by atoms with E-state index >= 15 is 0 Å². The quantitative estimate of drug-likeness (QED) is 0.492. The SMILES string of the molecule is c1ccc2c(c1)CNNNO2. The molecule has 0 unspecified atom stereocenters.